The number of anilines is 1. The predicted octanol–water partition coefficient (Wildman–Crippen LogP) is 2.13. The number of hydrogen-bond donors (Lipinski definition) is 2. The van der Waals surface area contributed by atoms with Crippen LogP contribution in [0.2, 0.25) is 0 Å². The molecule has 1 unspecified atom stereocenters. The van der Waals surface area contributed by atoms with Crippen molar-refractivity contribution in [3.63, 3.8) is 0 Å². The van der Waals surface area contributed by atoms with Gasteiger partial charge in [-0.1, -0.05) is 15.9 Å². The van der Waals surface area contributed by atoms with Crippen molar-refractivity contribution in [1.82, 2.24) is 0 Å². The van der Waals surface area contributed by atoms with Gasteiger partial charge in [0.2, 0.25) is 0 Å². The molecule has 2 nitrogen and oxygen atoms in total. The van der Waals surface area contributed by atoms with Crippen LogP contribution in [0.4, 0.5) is 5.69 Å². The molecule has 1 aliphatic heterocycles. The van der Waals surface area contributed by atoms with Gasteiger partial charge in [0.15, 0.2) is 0 Å². The number of halogens is 1. The highest BCUT2D eigenvalue weighted by molar-refractivity contribution is 9.10. The minimum Gasteiger partial charge on any atom is -0.382 e. The Morgan fingerprint density at radius 1 is 1.54 bits per heavy atom. The summed E-state index contributed by atoms with van der Waals surface area (Å²) in [6, 6.07) is 6.90. The molecule has 70 valence electrons. The van der Waals surface area contributed by atoms with Crippen LogP contribution in [-0.4, -0.2) is 12.6 Å². The van der Waals surface area contributed by atoms with Crippen LogP contribution in [0.25, 0.3) is 0 Å². The fraction of sp³-hybridized carbons (Fsp3) is 0.400. The molecule has 2 rings (SSSR count). The standard InChI is InChI=1S/C10H13BrN2/c11-8-1-2-10-7(5-8)6-9(13-10)3-4-12/h1-2,5,9,13H,3-4,6,12H2. The van der Waals surface area contributed by atoms with Crippen LogP contribution >= 0.6 is 15.9 Å². The first-order chi connectivity index (χ1) is 6.29. The van der Waals surface area contributed by atoms with Crippen LogP contribution in [0.5, 0.6) is 0 Å². The molecule has 0 saturated heterocycles. The van der Waals surface area contributed by atoms with Crippen molar-refractivity contribution in [2.75, 3.05) is 11.9 Å². The highest BCUT2D eigenvalue weighted by atomic mass is 79.9. The van der Waals surface area contributed by atoms with E-state index in [2.05, 4.69) is 39.4 Å². The maximum absolute atomic E-state index is 5.52. The number of nitrogens with two attached hydrogens (primary N) is 1. The number of nitrogens with one attached hydrogen (secondary N) is 1. The number of fused-ring (bicyclic) bond motifs is 1. The van der Waals surface area contributed by atoms with Gasteiger partial charge in [0, 0.05) is 16.2 Å². The lowest BCUT2D eigenvalue weighted by Gasteiger charge is -2.08. The van der Waals surface area contributed by atoms with Gasteiger partial charge in [-0.15, -0.1) is 0 Å². The average Bonchev–Trinajstić information content (AvgIpc) is 2.46. The molecule has 13 heavy (non-hydrogen) atoms. The van der Waals surface area contributed by atoms with E-state index >= 15 is 0 Å². The van der Waals surface area contributed by atoms with E-state index in [0.717, 1.165) is 23.9 Å². The van der Waals surface area contributed by atoms with Crippen molar-refractivity contribution >= 4 is 21.6 Å². The summed E-state index contributed by atoms with van der Waals surface area (Å²) in [5, 5.41) is 3.46. The molecule has 0 spiro atoms. The Labute approximate surface area is 86.6 Å². The first-order valence-corrected chi connectivity index (χ1v) is 5.34. The molecule has 0 bridgehead atoms. The van der Waals surface area contributed by atoms with Crippen molar-refractivity contribution in [2.45, 2.75) is 18.9 Å². The number of hydrogen-bond acceptors (Lipinski definition) is 2. The molecule has 1 heterocycles. The van der Waals surface area contributed by atoms with Gasteiger partial charge < -0.3 is 11.1 Å². The van der Waals surface area contributed by atoms with Gasteiger partial charge in [-0.05, 0) is 43.1 Å². The predicted molar refractivity (Wildman–Crippen MR) is 58.9 cm³/mol. The van der Waals surface area contributed by atoms with Crippen molar-refractivity contribution in [3.8, 4) is 0 Å². The second-order valence-corrected chi connectivity index (χ2v) is 4.34. The quantitative estimate of drug-likeness (QED) is 0.832. The molecule has 1 atom stereocenters. The van der Waals surface area contributed by atoms with E-state index in [4.69, 9.17) is 5.73 Å². The van der Waals surface area contributed by atoms with Crippen LogP contribution in [-0.2, 0) is 6.42 Å². The Morgan fingerprint density at radius 2 is 2.38 bits per heavy atom. The zero-order valence-corrected chi connectivity index (χ0v) is 8.97. The third-order valence-corrected chi connectivity index (χ3v) is 2.90. The highest BCUT2D eigenvalue weighted by Crippen LogP contribution is 2.29. The summed E-state index contributed by atoms with van der Waals surface area (Å²) in [6.45, 7) is 0.757. The minimum atomic E-state index is 0.536. The van der Waals surface area contributed by atoms with Crippen molar-refractivity contribution in [2.24, 2.45) is 5.73 Å². The lowest BCUT2D eigenvalue weighted by molar-refractivity contribution is 0.684. The minimum absolute atomic E-state index is 0.536. The van der Waals surface area contributed by atoms with Crippen molar-refractivity contribution in [3.05, 3.63) is 28.2 Å². The van der Waals surface area contributed by atoms with E-state index in [1.807, 2.05) is 0 Å². The van der Waals surface area contributed by atoms with E-state index < -0.39 is 0 Å². The molecule has 0 aromatic heterocycles. The largest absolute Gasteiger partial charge is 0.382 e. The first kappa shape index (κ1) is 9.03. The smallest absolute Gasteiger partial charge is 0.0376 e. The Hall–Kier alpha value is -0.540. The molecule has 1 aromatic rings. The van der Waals surface area contributed by atoms with Gasteiger partial charge in [0.25, 0.3) is 0 Å². The van der Waals surface area contributed by atoms with Gasteiger partial charge in [0.05, 0.1) is 0 Å². The zero-order valence-electron chi connectivity index (χ0n) is 7.39. The Balaban J connectivity index is 2.16. The second kappa shape index (κ2) is 3.68. The fourth-order valence-electron chi connectivity index (χ4n) is 1.78. The zero-order chi connectivity index (χ0) is 9.26. The second-order valence-electron chi connectivity index (χ2n) is 3.42. The molecule has 0 saturated carbocycles. The third kappa shape index (κ3) is 1.86. The van der Waals surface area contributed by atoms with Gasteiger partial charge in [-0.25, -0.2) is 0 Å². The summed E-state index contributed by atoms with van der Waals surface area (Å²) in [4.78, 5) is 0. The molecular formula is C10H13BrN2. The summed E-state index contributed by atoms with van der Waals surface area (Å²) in [6.07, 6.45) is 2.15. The van der Waals surface area contributed by atoms with E-state index in [1.165, 1.54) is 11.3 Å². The van der Waals surface area contributed by atoms with Gasteiger partial charge in [-0.2, -0.15) is 0 Å². The average molecular weight is 241 g/mol. The van der Waals surface area contributed by atoms with E-state index in [0.29, 0.717) is 6.04 Å². The maximum Gasteiger partial charge on any atom is 0.0376 e. The molecule has 1 aromatic carbocycles. The molecule has 3 N–H and O–H groups in total. The normalized spacial score (nSPS) is 19.7. The third-order valence-electron chi connectivity index (χ3n) is 2.41. The Bertz CT molecular complexity index is 312. The van der Waals surface area contributed by atoms with Crippen molar-refractivity contribution < 1.29 is 0 Å². The summed E-state index contributed by atoms with van der Waals surface area (Å²) < 4.78 is 1.15. The van der Waals surface area contributed by atoms with Crippen LogP contribution in [0.1, 0.15) is 12.0 Å². The van der Waals surface area contributed by atoms with Crippen LogP contribution < -0.4 is 11.1 Å². The van der Waals surface area contributed by atoms with Crippen LogP contribution in [0, 0.1) is 0 Å². The molecule has 0 aliphatic carbocycles. The molecule has 3 heteroatoms. The molecule has 0 radical (unpaired) electrons. The van der Waals surface area contributed by atoms with E-state index in [9.17, 15) is 0 Å². The summed E-state index contributed by atoms with van der Waals surface area (Å²) in [5.74, 6) is 0. The van der Waals surface area contributed by atoms with Crippen LogP contribution in [0.3, 0.4) is 0 Å². The van der Waals surface area contributed by atoms with Gasteiger partial charge in [0.1, 0.15) is 0 Å². The first-order valence-electron chi connectivity index (χ1n) is 4.54. The molecule has 0 fully saturated rings. The Kier molecular flexibility index (Phi) is 2.56. The molecular weight excluding hydrogens is 228 g/mol. The lowest BCUT2D eigenvalue weighted by Crippen LogP contribution is -2.19. The monoisotopic (exact) mass is 240 g/mol. The topological polar surface area (TPSA) is 38.0 Å². The molecule has 0 amide bonds. The highest BCUT2D eigenvalue weighted by Gasteiger charge is 2.19. The summed E-state index contributed by atoms with van der Waals surface area (Å²) in [5.41, 5.74) is 8.19. The van der Waals surface area contributed by atoms with E-state index in [1.54, 1.807) is 0 Å². The number of benzene rings is 1. The maximum atomic E-state index is 5.52. The fourth-order valence-corrected chi connectivity index (χ4v) is 2.19. The Morgan fingerprint density at radius 3 is 3.15 bits per heavy atom. The van der Waals surface area contributed by atoms with Crippen molar-refractivity contribution in [1.29, 1.82) is 0 Å². The summed E-state index contributed by atoms with van der Waals surface area (Å²) in [7, 11) is 0. The number of rotatable bonds is 2. The molecule has 1 aliphatic rings. The van der Waals surface area contributed by atoms with Gasteiger partial charge in [-0.3, -0.25) is 0 Å². The lowest BCUT2D eigenvalue weighted by atomic mass is 10.1. The van der Waals surface area contributed by atoms with E-state index in [-0.39, 0.29) is 0 Å². The van der Waals surface area contributed by atoms with Crippen LogP contribution in [0.15, 0.2) is 22.7 Å². The SMILES string of the molecule is NCCC1Cc2cc(Br)ccc2N1. The summed E-state index contributed by atoms with van der Waals surface area (Å²) >= 11 is 3.47. The van der Waals surface area contributed by atoms with Gasteiger partial charge >= 0.3 is 0 Å².